The molecule has 11 aromatic rings. The molecule has 0 amide bonds. The summed E-state index contributed by atoms with van der Waals surface area (Å²) in [6.45, 7) is 0. The molecule has 268 valence electrons. The van der Waals surface area contributed by atoms with Crippen LogP contribution in [0.2, 0.25) is 0 Å². The Morgan fingerprint density at radius 1 is 0.368 bits per heavy atom. The molecule has 0 atom stereocenters. The molecule has 0 saturated carbocycles. The Bertz CT molecular complexity index is 3170. The molecule has 0 spiro atoms. The number of anilines is 3. The molecule has 0 saturated heterocycles. The largest absolute Gasteiger partial charge is 0.455 e. The second kappa shape index (κ2) is 13.7. The van der Waals surface area contributed by atoms with E-state index in [1.807, 2.05) is 78.1 Å². The number of hydrogen-bond acceptors (Lipinski definition) is 6. The third kappa shape index (κ3) is 5.91. The van der Waals surface area contributed by atoms with Gasteiger partial charge in [0.2, 0.25) is 0 Å². The van der Waals surface area contributed by atoms with Crippen LogP contribution in [-0.4, -0.2) is 15.0 Å². The lowest BCUT2D eigenvalue weighted by Crippen LogP contribution is -2.09. The summed E-state index contributed by atoms with van der Waals surface area (Å²) in [5.41, 5.74) is 9.76. The fourth-order valence-electron chi connectivity index (χ4n) is 7.77. The Labute approximate surface area is 332 Å². The van der Waals surface area contributed by atoms with Crippen molar-refractivity contribution in [3.8, 4) is 45.3 Å². The van der Waals surface area contributed by atoms with Crippen molar-refractivity contribution in [3.05, 3.63) is 194 Å². The predicted molar refractivity (Wildman–Crippen MR) is 236 cm³/mol. The van der Waals surface area contributed by atoms with Gasteiger partial charge in [0.25, 0.3) is 0 Å². The maximum atomic E-state index is 6.73. The summed E-state index contributed by atoms with van der Waals surface area (Å²) in [6, 6.07) is 67.5. The van der Waals surface area contributed by atoms with Crippen LogP contribution in [0.1, 0.15) is 0 Å². The average Bonchev–Trinajstić information content (AvgIpc) is 3.85. The molecule has 0 fully saturated rings. The zero-order chi connectivity index (χ0) is 37.7. The Kier molecular flexibility index (Phi) is 7.93. The number of nitrogens with zero attached hydrogens (tertiary/aromatic N) is 4. The van der Waals surface area contributed by atoms with Gasteiger partial charge in [0, 0.05) is 70.3 Å². The number of thiophene rings is 1. The molecule has 0 N–H and O–H groups in total. The summed E-state index contributed by atoms with van der Waals surface area (Å²) >= 11 is 1.84. The van der Waals surface area contributed by atoms with Gasteiger partial charge in [-0.1, -0.05) is 133 Å². The molecule has 8 aromatic carbocycles. The highest BCUT2D eigenvalue weighted by molar-refractivity contribution is 7.25. The predicted octanol–water partition coefficient (Wildman–Crippen LogP) is 14.3. The van der Waals surface area contributed by atoms with E-state index in [1.54, 1.807) is 0 Å². The van der Waals surface area contributed by atoms with Crippen molar-refractivity contribution in [3.63, 3.8) is 0 Å². The van der Waals surface area contributed by atoms with E-state index in [-0.39, 0.29) is 0 Å². The molecule has 6 heteroatoms. The molecule has 3 heterocycles. The molecule has 0 radical (unpaired) electrons. The van der Waals surface area contributed by atoms with Gasteiger partial charge in [0.05, 0.1) is 0 Å². The van der Waals surface area contributed by atoms with E-state index in [1.165, 1.54) is 20.2 Å². The van der Waals surface area contributed by atoms with E-state index in [2.05, 4.69) is 132 Å². The smallest absolute Gasteiger partial charge is 0.164 e. The molecule has 11 rings (SSSR count). The molecule has 0 aliphatic rings. The maximum Gasteiger partial charge on any atom is 0.164 e. The number of benzene rings is 8. The zero-order valence-electron chi connectivity index (χ0n) is 30.6. The van der Waals surface area contributed by atoms with Crippen molar-refractivity contribution in [1.82, 2.24) is 15.0 Å². The Hall–Kier alpha value is -7.41. The zero-order valence-corrected chi connectivity index (χ0v) is 31.4. The van der Waals surface area contributed by atoms with Gasteiger partial charge < -0.3 is 9.32 Å². The number of aromatic nitrogens is 3. The molecule has 0 aliphatic heterocycles. The molecule has 5 nitrogen and oxygen atoms in total. The normalized spacial score (nSPS) is 11.5. The lowest BCUT2D eigenvalue weighted by atomic mass is 10.0. The van der Waals surface area contributed by atoms with Crippen molar-refractivity contribution in [2.75, 3.05) is 4.90 Å². The van der Waals surface area contributed by atoms with Crippen molar-refractivity contribution in [2.45, 2.75) is 0 Å². The first-order valence-electron chi connectivity index (χ1n) is 18.9. The minimum Gasteiger partial charge on any atom is -0.455 e. The number of fused-ring (bicyclic) bond motifs is 6. The molecule has 0 unspecified atom stereocenters. The van der Waals surface area contributed by atoms with Crippen LogP contribution in [0.25, 0.3) is 87.4 Å². The molecule has 3 aromatic heterocycles. The third-order valence-corrected chi connectivity index (χ3v) is 11.7. The van der Waals surface area contributed by atoms with Gasteiger partial charge in [0.15, 0.2) is 17.5 Å². The van der Waals surface area contributed by atoms with E-state index in [4.69, 9.17) is 19.4 Å². The lowest BCUT2D eigenvalue weighted by Gasteiger charge is -2.25. The SMILES string of the molecule is c1ccc(-c2nc(-c3ccccc3)nc(-c3ccc4c(c3)oc3c(-c5ccc(N(c6ccccc6)c6ccc7sc8ccccc8c7c6)cc5)cccc34)n2)cc1. The van der Waals surface area contributed by atoms with Crippen LogP contribution < -0.4 is 4.90 Å². The molecular weight excluding hydrogens is 717 g/mol. The third-order valence-electron chi connectivity index (χ3n) is 10.5. The van der Waals surface area contributed by atoms with Crippen LogP contribution in [0.4, 0.5) is 17.1 Å². The lowest BCUT2D eigenvalue weighted by molar-refractivity contribution is 0.670. The molecular formula is C51H32N4OS. The second-order valence-corrected chi connectivity index (χ2v) is 15.1. The number of para-hydroxylation sites is 2. The van der Waals surface area contributed by atoms with Crippen molar-refractivity contribution >= 4 is 70.5 Å². The highest BCUT2D eigenvalue weighted by atomic mass is 32.1. The van der Waals surface area contributed by atoms with E-state index in [0.29, 0.717) is 17.5 Å². The van der Waals surface area contributed by atoms with Gasteiger partial charge in [-0.05, 0) is 66.2 Å². The van der Waals surface area contributed by atoms with Crippen molar-refractivity contribution in [2.24, 2.45) is 0 Å². The minimum atomic E-state index is 0.593. The highest BCUT2D eigenvalue weighted by Gasteiger charge is 2.18. The Morgan fingerprint density at radius 3 is 1.65 bits per heavy atom. The quantitative estimate of drug-likeness (QED) is 0.162. The molecule has 57 heavy (non-hydrogen) atoms. The van der Waals surface area contributed by atoms with E-state index in [9.17, 15) is 0 Å². The van der Waals surface area contributed by atoms with Crippen LogP contribution >= 0.6 is 11.3 Å². The maximum absolute atomic E-state index is 6.73. The van der Waals surface area contributed by atoms with Crippen molar-refractivity contribution < 1.29 is 4.42 Å². The molecule has 0 bridgehead atoms. The number of furan rings is 1. The van der Waals surface area contributed by atoms with Gasteiger partial charge in [-0.3, -0.25) is 0 Å². The van der Waals surface area contributed by atoms with Crippen LogP contribution in [0.5, 0.6) is 0 Å². The first kappa shape index (κ1) is 33.0. The van der Waals surface area contributed by atoms with Gasteiger partial charge in [-0.25, -0.2) is 15.0 Å². The van der Waals surface area contributed by atoms with Crippen LogP contribution in [-0.2, 0) is 0 Å². The standard InChI is InChI=1S/C51H32N4OS/c1-4-13-34(14-5-1)49-52-50(35-15-6-2-7-16-35)54-51(53-49)36-25-29-41-43-21-12-20-40(48(43)56-45(41)31-36)33-23-26-38(27-24-33)55(37-17-8-3-9-18-37)39-28-30-47-44(32-39)42-19-10-11-22-46(42)57-47/h1-32H. The number of rotatable bonds is 7. The van der Waals surface area contributed by atoms with Gasteiger partial charge in [-0.2, -0.15) is 0 Å². The van der Waals surface area contributed by atoms with Gasteiger partial charge >= 0.3 is 0 Å². The summed E-state index contributed by atoms with van der Waals surface area (Å²) < 4.78 is 9.32. The first-order valence-corrected chi connectivity index (χ1v) is 19.7. The fourth-order valence-corrected chi connectivity index (χ4v) is 8.86. The van der Waals surface area contributed by atoms with E-state index < -0.39 is 0 Å². The summed E-state index contributed by atoms with van der Waals surface area (Å²) in [5, 5.41) is 4.66. The number of hydrogen-bond donors (Lipinski definition) is 0. The van der Waals surface area contributed by atoms with Gasteiger partial charge in [0.1, 0.15) is 11.2 Å². The summed E-state index contributed by atoms with van der Waals surface area (Å²) in [5.74, 6) is 1.85. The topological polar surface area (TPSA) is 55.1 Å². The van der Waals surface area contributed by atoms with Crippen LogP contribution in [0.15, 0.2) is 199 Å². The summed E-state index contributed by atoms with van der Waals surface area (Å²) in [4.78, 5) is 17.1. The summed E-state index contributed by atoms with van der Waals surface area (Å²) in [7, 11) is 0. The van der Waals surface area contributed by atoms with Crippen molar-refractivity contribution in [1.29, 1.82) is 0 Å². The Morgan fingerprint density at radius 2 is 0.930 bits per heavy atom. The van der Waals surface area contributed by atoms with E-state index >= 15 is 0 Å². The fraction of sp³-hybridized carbons (Fsp3) is 0. The summed E-state index contributed by atoms with van der Waals surface area (Å²) in [6.07, 6.45) is 0. The monoisotopic (exact) mass is 748 g/mol. The molecule has 0 aliphatic carbocycles. The average molecular weight is 749 g/mol. The Balaban J connectivity index is 0.982. The van der Waals surface area contributed by atoms with Gasteiger partial charge in [-0.15, -0.1) is 11.3 Å². The minimum absolute atomic E-state index is 0.593. The first-order chi connectivity index (χ1) is 28.2. The van der Waals surface area contributed by atoms with Crippen LogP contribution in [0, 0.1) is 0 Å². The highest BCUT2D eigenvalue weighted by Crippen LogP contribution is 2.42. The van der Waals surface area contributed by atoms with E-state index in [0.717, 1.165) is 66.8 Å². The van der Waals surface area contributed by atoms with Crippen LogP contribution in [0.3, 0.4) is 0 Å². The second-order valence-electron chi connectivity index (χ2n) is 14.0.